The van der Waals surface area contributed by atoms with Crippen molar-refractivity contribution in [3.8, 4) is 33.5 Å². The fourth-order valence-electron chi connectivity index (χ4n) is 9.41. The standard InChI is InChI=1S/C47H53F2N7O6/c1-24(2)39(53-45(59)61-6)43(57)55-18-8-10-37(55)41-26(5)20-35(50-41)29-13-16-31-30-15-12-27(21-32(30)47(48,49)33(31)22-29)28-14-17-34-36(23-28)52-42(51-34)38-11-9-19-56(38)44(58)40(25(3)4)54-46(60)62-7/h12-17,20-25,37-40,50H,8-11,18-19H2,1-7H3,(H,51,52)(H,53,59)(H,54,60). The van der Waals surface area contributed by atoms with Crippen molar-refractivity contribution in [3.63, 3.8) is 0 Å². The molecule has 0 spiro atoms. The Kier molecular flexibility index (Phi) is 11.3. The van der Waals surface area contributed by atoms with Gasteiger partial charge in [-0.3, -0.25) is 9.59 Å². The zero-order valence-electron chi connectivity index (χ0n) is 36.0. The first-order valence-electron chi connectivity index (χ1n) is 21.3. The molecule has 2 aromatic heterocycles. The molecule has 3 aliphatic rings. The summed E-state index contributed by atoms with van der Waals surface area (Å²) in [5, 5.41) is 5.36. The van der Waals surface area contributed by atoms with E-state index in [2.05, 4.69) is 20.6 Å². The number of alkyl carbamates (subject to hydrolysis) is 2. The molecule has 326 valence electrons. The minimum Gasteiger partial charge on any atom is -0.453 e. The largest absolute Gasteiger partial charge is 0.453 e. The topological polar surface area (TPSA) is 162 Å². The summed E-state index contributed by atoms with van der Waals surface area (Å²) < 4.78 is 42.7. The Bertz CT molecular complexity index is 2560. The van der Waals surface area contributed by atoms with Crippen LogP contribution in [0.4, 0.5) is 18.4 Å². The number of hydrogen-bond donors (Lipinski definition) is 4. The lowest BCUT2D eigenvalue weighted by Crippen LogP contribution is -2.51. The zero-order chi connectivity index (χ0) is 44.2. The number of nitrogens with zero attached hydrogens (tertiary/aromatic N) is 3. The second kappa shape index (κ2) is 16.6. The second-order valence-electron chi connectivity index (χ2n) is 17.3. The highest BCUT2D eigenvalue weighted by molar-refractivity contribution is 5.89. The van der Waals surface area contributed by atoms with Crippen molar-refractivity contribution < 1.29 is 37.4 Å². The van der Waals surface area contributed by atoms with Gasteiger partial charge in [0.15, 0.2) is 0 Å². The predicted octanol–water partition coefficient (Wildman–Crippen LogP) is 8.74. The van der Waals surface area contributed by atoms with Gasteiger partial charge < -0.3 is 39.9 Å². The third-order valence-corrected chi connectivity index (χ3v) is 12.7. The van der Waals surface area contributed by atoms with Crippen LogP contribution in [0, 0.1) is 18.8 Å². The Labute approximate surface area is 358 Å². The Morgan fingerprint density at radius 3 is 1.82 bits per heavy atom. The number of ether oxygens (including phenoxy) is 2. The second-order valence-corrected chi connectivity index (χ2v) is 17.3. The molecule has 4 heterocycles. The molecule has 0 saturated carbocycles. The van der Waals surface area contributed by atoms with Crippen molar-refractivity contribution >= 4 is 35.0 Å². The lowest BCUT2D eigenvalue weighted by Gasteiger charge is -2.30. The number of methoxy groups -OCH3 is 2. The van der Waals surface area contributed by atoms with Gasteiger partial charge in [-0.15, -0.1) is 0 Å². The highest BCUT2D eigenvalue weighted by Crippen LogP contribution is 2.53. The van der Waals surface area contributed by atoms with Crippen LogP contribution in [0.5, 0.6) is 0 Å². The van der Waals surface area contributed by atoms with Crippen LogP contribution < -0.4 is 10.6 Å². The first kappa shape index (κ1) is 42.4. The van der Waals surface area contributed by atoms with Gasteiger partial charge in [-0.25, -0.2) is 14.6 Å². The van der Waals surface area contributed by atoms with E-state index in [0.717, 1.165) is 36.1 Å². The number of hydrogen-bond acceptors (Lipinski definition) is 7. The molecule has 4 amide bonds. The number of aryl methyl sites for hydroxylation is 1. The van der Waals surface area contributed by atoms with Crippen LogP contribution in [0.2, 0.25) is 0 Å². The average Bonchev–Trinajstić information content (AvgIpc) is 4.11. The molecule has 15 heteroatoms. The van der Waals surface area contributed by atoms with E-state index in [0.29, 0.717) is 64.3 Å². The van der Waals surface area contributed by atoms with Gasteiger partial charge >= 0.3 is 12.2 Å². The predicted molar refractivity (Wildman–Crippen MR) is 230 cm³/mol. The normalized spacial score (nSPS) is 18.8. The maximum absolute atomic E-state index is 16.6. The number of carbonyl (C=O) groups is 4. The number of imidazole rings is 1. The summed E-state index contributed by atoms with van der Waals surface area (Å²) in [5.41, 5.74) is 6.60. The number of halogens is 2. The van der Waals surface area contributed by atoms with E-state index in [1.165, 1.54) is 14.2 Å². The Morgan fingerprint density at radius 2 is 1.24 bits per heavy atom. The van der Waals surface area contributed by atoms with Crippen LogP contribution in [0.1, 0.15) is 93.7 Å². The van der Waals surface area contributed by atoms with Gasteiger partial charge in [0.2, 0.25) is 11.8 Å². The van der Waals surface area contributed by atoms with Gasteiger partial charge in [0.05, 0.1) is 37.3 Å². The third-order valence-electron chi connectivity index (χ3n) is 12.7. The smallest absolute Gasteiger partial charge is 0.407 e. The Hall–Kier alpha value is -6.25. The van der Waals surface area contributed by atoms with Crippen molar-refractivity contribution in [3.05, 3.63) is 88.9 Å². The van der Waals surface area contributed by atoms with E-state index >= 15 is 8.78 Å². The number of amides is 4. The maximum atomic E-state index is 16.6. The molecule has 62 heavy (non-hydrogen) atoms. The van der Waals surface area contributed by atoms with Crippen LogP contribution in [-0.4, -0.2) is 88.1 Å². The number of H-pyrrole nitrogens is 2. The SMILES string of the molecule is COC(=O)NC(C(=O)N1CCCC1c1nc2ccc(-c3ccc4c(c3)C(F)(F)c3cc(-c5cc(C)c(C6CCCN6C(=O)C(NC(=O)OC)C(C)C)[nH]5)ccc3-4)cc2[nH]1)C(C)C. The lowest BCUT2D eigenvalue weighted by molar-refractivity contribution is -0.136. The van der Waals surface area contributed by atoms with E-state index in [9.17, 15) is 19.2 Å². The van der Waals surface area contributed by atoms with Crippen LogP contribution >= 0.6 is 0 Å². The first-order chi connectivity index (χ1) is 29.6. The summed E-state index contributed by atoms with van der Waals surface area (Å²) in [5.74, 6) is -3.37. The summed E-state index contributed by atoms with van der Waals surface area (Å²) >= 11 is 0. The van der Waals surface area contributed by atoms with Crippen molar-refractivity contribution in [1.82, 2.24) is 35.4 Å². The molecular formula is C47H53F2N7O6. The van der Waals surface area contributed by atoms with E-state index in [-0.39, 0.29) is 46.9 Å². The summed E-state index contributed by atoms with van der Waals surface area (Å²) in [6.45, 7) is 10.5. The average molecular weight is 850 g/mol. The summed E-state index contributed by atoms with van der Waals surface area (Å²) in [6.07, 6.45) is 1.65. The van der Waals surface area contributed by atoms with Gasteiger partial charge in [0.25, 0.3) is 5.92 Å². The van der Waals surface area contributed by atoms with Gasteiger partial charge in [0.1, 0.15) is 17.9 Å². The zero-order valence-corrected chi connectivity index (χ0v) is 36.0. The monoisotopic (exact) mass is 849 g/mol. The molecule has 4 N–H and O–H groups in total. The number of likely N-dealkylation sites (tertiary alicyclic amines) is 2. The summed E-state index contributed by atoms with van der Waals surface area (Å²) in [6, 6.07) is 15.8. The number of benzene rings is 3. The maximum Gasteiger partial charge on any atom is 0.407 e. The molecule has 2 saturated heterocycles. The number of fused-ring (bicyclic) bond motifs is 4. The van der Waals surface area contributed by atoms with E-state index < -0.39 is 30.2 Å². The summed E-state index contributed by atoms with van der Waals surface area (Å²) in [4.78, 5) is 66.8. The number of aromatic nitrogens is 3. The molecule has 0 bridgehead atoms. The quantitative estimate of drug-likeness (QED) is 0.109. The molecule has 5 aromatic rings. The number of nitrogens with one attached hydrogen (secondary N) is 4. The molecular weight excluding hydrogens is 797 g/mol. The Balaban J connectivity index is 1.03. The summed E-state index contributed by atoms with van der Waals surface area (Å²) in [7, 11) is 2.53. The molecule has 13 nitrogen and oxygen atoms in total. The molecule has 4 unspecified atom stereocenters. The molecule has 8 rings (SSSR count). The van der Waals surface area contributed by atoms with Gasteiger partial charge in [-0.1, -0.05) is 58.0 Å². The number of rotatable bonds is 10. The number of alkyl halides is 2. The minimum atomic E-state index is -3.27. The highest BCUT2D eigenvalue weighted by atomic mass is 19.3. The molecule has 0 radical (unpaired) electrons. The molecule has 2 fully saturated rings. The Morgan fingerprint density at radius 1 is 0.726 bits per heavy atom. The van der Waals surface area contributed by atoms with Gasteiger partial charge in [0, 0.05) is 35.6 Å². The molecule has 4 atom stereocenters. The lowest BCUT2D eigenvalue weighted by atomic mass is 9.98. The molecule has 1 aliphatic carbocycles. The third kappa shape index (κ3) is 7.55. The van der Waals surface area contributed by atoms with Crippen molar-refractivity contribution in [1.29, 1.82) is 0 Å². The molecule has 2 aliphatic heterocycles. The van der Waals surface area contributed by atoms with Crippen LogP contribution in [-0.2, 0) is 25.0 Å². The van der Waals surface area contributed by atoms with Crippen LogP contribution in [0.25, 0.3) is 44.5 Å². The van der Waals surface area contributed by atoms with E-state index in [1.54, 1.807) is 34.1 Å². The van der Waals surface area contributed by atoms with Crippen LogP contribution in [0.15, 0.2) is 60.7 Å². The fraction of sp³-hybridized carbons (Fsp3) is 0.426. The van der Waals surface area contributed by atoms with Crippen molar-refractivity contribution in [2.45, 2.75) is 90.4 Å². The van der Waals surface area contributed by atoms with Gasteiger partial charge in [-0.05, 0) is 108 Å². The fourth-order valence-corrected chi connectivity index (χ4v) is 9.41. The minimum absolute atomic E-state index is 0.0725. The van der Waals surface area contributed by atoms with Gasteiger partial charge in [-0.2, -0.15) is 8.78 Å². The first-order valence-corrected chi connectivity index (χ1v) is 21.3. The van der Waals surface area contributed by atoms with E-state index in [4.69, 9.17) is 14.5 Å². The highest BCUT2D eigenvalue weighted by Gasteiger charge is 2.45. The number of carbonyl (C=O) groups excluding carboxylic acids is 4. The number of aromatic amines is 2. The van der Waals surface area contributed by atoms with Crippen molar-refractivity contribution in [2.24, 2.45) is 11.8 Å². The van der Waals surface area contributed by atoms with Crippen LogP contribution in [0.3, 0.4) is 0 Å². The molecule has 3 aromatic carbocycles. The van der Waals surface area contributed by atoms with Crippen molar-refractivity contribution in [2.75, 3.05) is 27.3 Å². The van der Waals surface area contributed by atoms with E-state index in [1.807, 2.05) is 71.0 Å².